The Morgan fingerprint density at radius 3 is 2.41 bits per heavy atom. The largest absolute Gasteiger partial charge is 0.352 e. The van der Waals surface area contributed by atoms with E-state index in [9.17, 15) is 4.79 Å². The second-order valence-corrected chi connectivity index (χ2v) is 8.46. The average molecular weight is 572 g/mol. The first-order valence-electron chi connectivity index (χ1n) is 10.9. The summed E-state index contributed by atoms with van der Waals surface area (Å²) in [6.07, 6.45) is 6.14. The summed E-state index contributed by atoms with van der Waals surface area (Å²) in [4.78, 5) is 23.3. The highest BCUT2D eigenvalue weighted by Crippen LogP contribution is 2.14. The average Bonchev–Trinajstić information content (AvgIpc) is 3.48. The lowest BCUT2D eigenvalue weighted by Crippen LogP contribution is -2.54. The van der Waals surface area contributed by atoms with Gasteiger partial charge in [0.25, 0.3) is 0 Å². The topological polar surface area (TPSA) is 69.0 Å². The number of likely N-dealkylation sites (tertiary alicyclic amines) is 1. The first-order chi connectivity index (χ1) is 15.1. The Hall–Kier alpha value is -1.85. The van der Waals surface area contributed by atoms with Crippen molar-refractivity contribution < 1.29 is 4.79 Å². The minimum Gasteiger partial charge on any atom is -0.352 e. The van der Waals surface area contributed by atoms with Crippen molar-refractivity contribution in [3.05, 3.63) is 47.2 Å². The molecule has 2 saturated heterocycles. The van der Waals surface area contributed by atoms with Crippen molar-refractivity contribution in [2.45, 2.75) is 19.4 Å². The van der Waals surface area contributed by atoms with Crippen molar-refractivity contribution in [3.8, 4) is 5.69 Å². The molecule has 0 spiro atoms. The minimum absolute atomic E-state index is 0. The maximum absolute atomic E-state index is 12.4. The van der Waals surface area contributed by atoms with Crippen LogP contribution in [0.2, 0.25) is 5.02 Å². The maximum Gasteiger partial charge on any atom is 0.236 e. The Labute approximate surface area is 211 Å². The third-order valence-electron chi connectivity index (χ3n) is 5.88. The number of halogens is 2. The standard InChI is InChI=1S/C22H30ClN7O.HI/c1-24-22(25-14-18-15-26-30(16-18)20-6-4-19(23)5-7-20)29-12-10-27(11-13-29)17-21(31)28-8-2-3-9-28;/h4-7,15-16H,2-3,8-14,17H2,1H3,(H,24,25);1H. The summed E-state index contributed by atoms with van der Waals surface area (Å²) in [6.45, 7) is 6.48. The Bertz CT molecular complexity index is 903. The summed E-state index contributed by atoms with van der Waals surface area (Å²) in [6, 6.07) is 7.60. The Kier molecular flexibility index (Phi) is 9.18. The van der Waals surface area contributed by atoms with Crippen molar-refractivity contribution in [3.63, 3.8) is 0 Å². The van der Waals surface area contributed by atoms with E-state index >= 15 is 0 Å². The van der Waals surface area contributed by atoms with Gasteiger partial charge in [-0.3, -0.25) is 14.7 Å². The van der Waals surface area contributed by atoms with Crippen molar-refractivity contribution >= 4 is 47.4 Å². The number of aliphatic imine (C=N–C) groups is 1. The number of guanidine groups is 1. The number of hydrogen-bond donors (Lipinski definition) is 1. The molecule has 2 aliphatic rings. The molecule has 4 rings (SSSR count). The van der Waals surface area contributed by atoms with Gasteiger partial charge in [-0.25, -0.2) is 4.68 Å². The molecule has 1 aromatic carbocycles. The predicted molar refractivity (Wildman–Crippen MR) is 138 cm³/mol. The van der Waals surface area contributed by atoms with Gasteiger partial charge in [0.15, 0.2) is 5.96 Å². The van der Waals surface area contributed by atoms with E-state index in [1.807, 2.05) is 53.3 Å². The van der Waals surface area contributed by atoms with Crippen LogP contribution in [0.4, 0.5) is 0 Å². The molecule has 1 amide bonds. The van der Waals surface area contributed by atoms with E-state index in [0.717, 1.165) is 69.3 Å². The highest BCUT2D eigenvalue weighted by molar-refractivity contribution is 14.0. The lowest BCUT2D eigenvalue weighted by Gasteiger charge is -2.36. The van der Waals surface area contributed by atoms with Crippen molar-refractivity contribution in [1.29, 1.82) is 0 Å². The summed E-state index contributed by atoms with van der Waals surface area (Å²) in [5.74, 6) is 1.15. The monoisotopic (exact) mass is 571 g/mol. The van der Waals surface area contributed by atoms with Crippen LogP contribution in [0.5, 0.6) is 0 Å². The number of hydrogen-bond acceptors (Lipinski definition) is 4. The zero-order valence-electron chi connectivity index (χ0n) is 18.4. The van der Waals surface area contributed by atoms with Gasteiger partial charge in [-0.05, 0) is 37.1 Å². The Morgan fingerprint density at radius 2 is 1.75 bits per heavy atom. The van der Waals surface area contributed by atoms with E-state index in [2.05, 4.69) is 25.2 Å². The smallest absolute Gasteiger partial charge is 0.236 e. The fourth-order valence-corrected chi connectivity index (χ4v) is 4.20. The third kappa shape index (κ3) is 6.35. The zero-order chi connectivity index (χ0) is 21.6. The summed E-state index contributed by atoms with van der Waals surface area (Å²) >= 11 is 5.96. The number of nitrogens with one attached hydrogen (secondary N) is 1. The molecule has 10 heteroatoms. The van der Waals surface area contributed by atoms with E-state index in [1.165, 1.54) is 0 Å². The summed E-state index contributed by atoms with van der Waals surface area (Å²) in [5.41, 5.74) is 2.05. The second-order valence-electron chi connectivity index (χ2n) is 8.02. The van der Waals surface area contributed by atoms with Gasteiger partial charge in [0.1, 0.15) is 0 Å². The summed E-state index contributed by atoms with van der Waals surface area (Å²) in [7, 11) is 1.81. The van der Waals surface area contributed by atoms with Crippen LogP contribution in [0.25, 0.3) is 5.69 Å². The molecule has 0 unspecified atom stereocenters. The molecule has 1 aromatic heterocycles. The lowest BCUT2D eigenvalue weighted by atomic mass is 10.3. The van der Waals surface area contributed by atoms with E-state index in [0.29, 0.717) is 18.1 Å². The maximum atomic E-state index is 12.4. The highest BCUT2D eigenvalue weighted by atomic mass is 127. The molecule has 0 aliphatic carbocycles. The second kappa shape index (κ2) is 11.9. The third-order valence-corrected chi connectivity index (χ3v) is 6.13. The number of carbonyl (C=O) groups is 1. The number of benzene rings is 1. The molecule has 8 nitrogen and oxygen atoms in total. The number of nitrogens with zero attached hydrogens (tertiary/aromatic N) is 6. The molecule has 1 N–H and O–H groups in total. The lowest BCUT2D eigenvalue weighted by molar-refractivity contribution is -0.131. The van der Waals surface area contributed by atoms with Gasteiger partial charge in [0, 0.05) is 69.6 Å². The molecule has 2 fully saturated rings. The predicted octanol–water partition coefficient (Wildman–Crippen LogP) is 2.46. The van der Waals surface area contributed by atoms with E-state index in [-0.39, 0.29) is 29.9 Å². The molecule has 0 bridgehead atoms. The first-order valence-corrected chi connectivity index (χ1v) is 11.3. The molecule has 2 aromatic rings. The van der Waals surface area contributed by atoms with Gasteiger partial charge in [-0.15, -0.1) is 24.0 Å². The Morgan fingerprint density at radius 1 is 1.06 bits per heavy atom. The molecule has 32 heavy (non-hydrogen) atoms. The summed E-state index contributed by atoms with van der Waals surface area (Å²) < 4.78 is 1.84. The molecule has 3 heterocycles. The van der Waals surface area contributed by atoms with Crippen LogP contribution >= 0.6 is 35.6 Å². The molecular weight excluding hydrogens is 541 g/mol. The fraction of sp³-hybridized carbons (Fsp3) is 0.500. The number of carbonyl (C=O) groups excluding carboxylic acids is 1. The molecule has 0 radical (unpaired) electrons. The van der Waals surface area contributed by atoms with E-state index < -0.39 is 0 Å². The quantitative estimate of drug-likeness (QED) is 0.339. The van der Waals surface area contributed by atoms with Crippen molar-refractivity contribution in [2.75, 3.05) is 52.9 Å². The number of amides is 1. The normalized spacial score (nSPS) is 17.4. The van der Waals surface area contributed by atoms with Gasteiger partial charge < -0.3 is 15.1 Å². The minimum atomic E-state index is 0. The number of aromatic nitrogens is 2. The highest BCUT2D eigenvalue weighted by Gasteiger charge is 2.24. The van der Waals surface area contributed by atoms with E-state index in [4.69, 9.17) is 11.6 Å². The van der Waals surface area contributed by atoms with Crippen LogP contribution in [0, 0.1) is 0 Å². The van der Waals surface area contributed by atoms with Gasteiger partial charge >= 0.3 is 0 Å². The zero-order valence-corrected chi connectivity index (χ0v) is 21.5. The van der Waals surface area contributed by atoms with Crippen LogP contribution in [-0.4, -0.2) is 89.2 Å². The van der Waals surface area contributed by atoms with Crippen LogP contribution in [0.3, 0.4) is 0 Å². The number of piperazine rings is 1. The molecular formula is C22H31ClIN7O. The molecule has 0 atom stereocenters. The summed E-state index contributed by atoms with van der Waals surface area (Å²) in [5, 5.41) is 8.59. The van der Waals surface area contributed by atoms with Gasteiger partial charge in [-0.2, -0.15) is 5.10 Å². The van der Waals surface area contributed by atoms with Crippen LogP contribution in [-0.2, 0) is 11.3 Å². The molecule has 174 valence electrons. The van der Waals surface area contributed by atoms with Gasteiger partial charge in [0.05, 0.1) is 18.4 Å². The number of rotatable bonds is 5. The van der Waals surface area contributed by atoms with Gasteiger partial charge in [0.2, 0.25) is 5.91 Å². The Balaban J connectivity index is 0.00000289. The van der Waals surface area contributed by atoms with Crippen molar-refractivity contribution in [2.24, 2.45) is 4.99 Å². The van der Waals surface area contributed by atoms with Crippen LogP contribution < -0.4 is 5.32 Å². The van der Waals surface area contributed by atoms with Gasteiger partial charge in [-0.1, -0.05) is 11.6 Å². The molecule has 0 saturated carbocycles. The molecule has 2 aliphatic heterocycles. The SMILES string of the molecule is CN=C(NCc1cnn(-c2ccc(Cl)cc2)c1)N1CCN(CC(=O)N2CCCC2)CC1.I. The van der Waals surface area contributed by atoms with E-state index in [1.54, 1.807) is 0 Å². The van der Waals surface area contributed by atoms with Crippen LogP contribution in [0.1, 0.15) is 18.4 Å². The van der Waals surface area contributed by atoms with Crippen LogP contribution in [0.15, 0.2) is 41.7 Å². The van der Waals surface area contributed by atoms with Crippen molar-refractivity contribution in [1.82, 2.24) is 29.8 Å². The fourth-order valence-electron chi connectivity index (χ4n) is 4.08. The first kappa shape index (κ1) is 24.8.